The van der Waals surface area contributed by atoms with Crippen molar-refractivity contribution in [1.82, 2.24) is 9.97 Å². The summed E-state index contributed by atoms with van der Waals surface area (Å²) in [6.45, 7) is 4.27. The number of benzene rings is 2. The summed E-state index contributed by atoms with van der Waals surface area (Å²) >= 11 is 0. The lowest BCUT2D eigenvalue weighted by Crippen LogP contribution is -2.10. The predicted octanol–water partition coefficient (Wildman–Crippen LogP) is 5.47. The van der Waals surface area contributed by atoms with Gasteiger partial charge in [0.25, 0.3) is 0 Å². The number of hydrogen-bond acceptors (Lipinski definition) is 4. The highest BCUT2D eigenvalue weighted by Gasteiger charge is 2.33. The molecule has 0 saturated heterocycles. The molecule has 3 rings (SSSR count). The Kier molecular flexibility index (Phi) is 5.30. The summed E-state index contributed by atoms with van der Waals surface area (Å²) in [5, 5.41) is 5.96. The molecule has 2 N–H and O–H groups in total. The van der Waals surface area contributed by atoms with E-state index in [2.05, 4.69) is 20.6 Å². The molecular formula is C20H19F3N4. The van der Waals surface area contributed by atoms with Crippen LogP contribution in [0.2, 0.25) is 0 Å². The summed E-state index contributed by atoms with van der Waals surface area (Å²) in [7, 11) is 0. The summed E-state index contributed by atoms with van der Waals surface area (Å²) in [5.41, 5.74) is 1.47. The lowest BCUT2D eigenvalue weighted by molar-refractivity contribution is -0.136. The van der Waals surface area contributed by atoms with E-state index in [0.717, 1.165) is 17.2 Å². The van der Waals surface area contributed by atoms with Gasteiger partial charge in [0, 0.05) is 12.6 Å². The minimum Gasteiger partial charge on any atom is -0.366 e. The highest BCUT2D eigenvalue weighted by atomic mass is 19.4. The normalized spacial score (nSPS) is 11.3. The maximum Gasteiger partial charge on any atom is 0.418 e. The maximum absolute atomic E-state index is 13.2. The Morgan fingerprint density at radius 2 is 1.56 bits per heavy atom. The zero-order valence-electron chi connectivity index (χ0n) is 14.9. The number of aryl methyl sites for hydroxylation is 2. The molecule has 1 heterocycles. The van der Waals surface area contributed by atoms with Gasteiger partial charge in [-0.05, 0) is 37.1 Å². The number of hydrogen-bond donors (Lipinski definition) is 2. The topological polar surface area (TPSA) is 49.8 Å². The van der Waals surface area contributed by atoms with Gasteiger partial charge in [0.1, 0.15) is 17.5 Å². The van der Waals surface area contributed by atoms with Gasteiger partial charge in [-0.15, -0.1) is 0 Å². The highest BCUT2D eigenvalue weighted by molar-refractivity contribution is 5.63. The third-order valence-electron chi connectivity index (χ3n) is 4.05. The van der Waals surface area contributed by atoms with E-state index in [-0.39, 0.29) is 5.69 Å². The molecule has 3 aromatic rings. The van der Waals surface area contributed by atoms with Crippen molar-refractivity contribution in [2.75, 3.05) is 10.6 Å². The molecule has 0 spiro atoms. The molecular weight excluding hydrogens is 353 g/mol. The lowest BCUT2D eigenvalue weighted by atomic mass is 10.1. The predicted molar refractivity (Wildman–Crippen MR) is 100 cm³/mol. The zero-order chi connectivity index (χ0) is 19.4. The second-order valence-electron chi connectivity index (χ2n) is 6.13. The van der Waals surface area contributed by atoms with Crippen LogP contribution in [-0.4, -0.2) is 9.97 Å². The lowest BCUT2D eigenvalue weighted by Gasteiger charge is -2.15. The Labute approximate surface area is 155 Å². The molecule has 7 heteroatoms. The van der Waals surface area contributed by atoms with Crippen molar-refractivity contribution in [3.63, 3.8) is 0 Å². The van der Waals surface area contributed by atoms with Crippen molar-refractivity contribution in [3.8, 4) is 0 Å². The van der Waals surface area contributed by atoms with Crippen LogP contribution in [0.4, 0.5) is 30.5 Å². The first-order valence-corrected chi connectivity index (χ1v) is 8.40. The first kappa shape index (κ1) is 18.7. The Hall–Kier alpha value is -3.09. The van der Waals surface area contributed by atoms with Crippen molar-refractivity contribution < 1.29 is 13.2 Å². The smallest absolute Gasteiger partial charge is 0.366 e. The summed E-state index contributed by atoms with van der Waals surface area (Å²) < 4.78 is 39.5. The van der Waals surface area contributed by atoms with Crippen LogP contribution in [0.5, 0.6) is 0 Å². The van der Waals surface area contributed by atoms with Crippen LogP contribution < -0.4 is 10.6 Å². The molecule has 0 aliphatic rings. The average Bonchev–Trinajstić information content (AvgIpc) is 2.60. The van der Waals surface area contributed by atoms with E-state index in [4.69, 9.17) is 0 Å². The molecule has 4 nitrogen and oxygen atoms in total. The fourth-order valence-corrected chi connectivity index (χ4v) is 2.69. The molecule has 0 saturated carbocycles. The fraction of sp³-hybridized carbons (Fsp3) is 0.200. The van der Waals surface area contributed by atoms with E-state index >= 15 is 0 Å². The Balaban J connectivity index is 1.81. The Bertz CT molecular complexity index is 939. The second kappa shape index (κ2) is 7.65. The van der Waals surface area contributed by atoms with Gasteiger partial charge in [-0.2, -0.15) is 13.2 Å². The first-order chi connectivity index (χ1) is 12.8. The molecule has 1 aromatic heterocycles. The molecule has 0 aliphatic heterocycles. The minimum atomic E-state index is -4.45. The quantitative estimate of drug-likeness (QED) is 0.624. The van der Waals surface area contributed by atoms with Gasteiger partial charge < -0.3 is 10.6 Å². The molecule has 0 fully saturated rings. The number of alkyl halides is 3. The molecule has 0 atom stereocenters. The van der Waals surface area contributed by atoms with E-state index in [9.17, 15) is 13.2 Å². The van der Waals surface area contributed by atoms with Crippen molar-refractivity contribution in [3.05, 3.63) is 77.1 Å². The van der Waals surface area contributed by atoms with Gasteiger partial charge in [-0.3, -0.25) is 0 Å². The molecule has 27 heavy (non-hydrogen) atoms. The van der Waals surface area contributed by atoms with E-state index in [0.29, 0.717) is 24.0 Å². The summed E-state index contributed by atoms with van der Waals surface area (Å²) in [6, 6.07) is 14.9. The Morgan fingerprint density at radius 1 is 0.889 bits per heavy atom. The van der Waals surface area contributed by atoms with Crippen LogP contribution in [0.3, 0.4) is 0 Å². The van der Waals surface area contributed by atoms with Gasteiger partial charge in [-0.25, -0.2) is 9.97 Å². The third-order valence-corrected chi connectivity index (χ3v) is 4.05. The SMILES string of the molecule is Cc1nc(NCc2ccccc2C)cc(Nc2ccccc2C(F)(F)F)n1. The number of halogens is 3. The average molecular weight is 372 g/mol. The third kappa shape index (κ3) is 4.75. The summed E-state index contributed by atoms with van der Waals surface area (Å²) in [4.78, 5) is 8.50. The number of para-hydroxylation sites is 1. The molecule has 0 amide bonds. The van der Waals surface area contributed by atoms with Crippen molar-refractivity contribution in [1.29, 1.82) is 0 Å². The van der Waals surface area contributed by atoms with Crippen LogP contribution in [0.25, 0.3) is 0 Å². The van der Waals surface area contributed by atoms with E-state index in [1.165, 1.54) is 12.1 Å². The van der Waals surface area contributed by atoms with Gasteiger partial charge in [0.15, 0.2) is 0 Å². The van der Waals surface area contributed by atoms with Crippen molar-refractivity contribution >= 4 is 17.3 Å². The van der Waals surface area contributed by atoms with Gasteiger partial charge in [-0.1, -0.05) is 36.4 Å². The molecule has 0 aliphatic carbocycles. The number of rotatable bonds is 5. The number of aromatic nitrogens is 2. The van der Waals surface area contributed by atoms with E-state index < -0.39 is 11.7 Å². The van der Waals surface area contributed by atoms with Gasteiger partial charge >= 0.3 is 6.18 Å². The van der Waals surface area contributed by atoms with Crippen LogP contribution in [-0.2, 0) is 12.7 Å². The van der Waals surface area contributed by atoms with Crippen LogP contribution in [0, 0.1) is 13.8 Å². The number of nitrogens with one attached hydrogen (secondary N) is 2. The minimum absolute atomic E-state index is 0.0482. The zero-order valence-corrected chi connectivity index (χ0v) is 14.9. The first-order valence-electron chi connectivity index (χ1n) is 8.40. The number of nitrogens with zero attached hydrogens (tertiary/aromatic N) is 2. The van der Waals surface area contributed by atoms with Crippen molar-refractivity contribution in [2.24, 2.45) is 0 Å². The van der Waals surface area contributed by atoms with Crippen LogP contribution >= 0.6 is 0 Å². The molecule has 140 valence electrons. The fourth-order valence-electron chi connectivity index (χ4n) is 2.69. The molecule has 0 radical (unpaired) electrons. The highest BCUT2D eigenvalue weighted by Crippen LogP contribution is 2.35. The van der Waals surface area contributed by atoms with E-state index in [1.807, 2.05) is 31.2 Å². The Morgan fingerprint density at radius 3 is 2.30 bits per heavy atom. The number of anilines is 3. The molecule has 0 bridgehead atoms. The monoisotopic (exact) mass is 372 g/mol. The second-order valence-corrected chi connectivity index (χ2v) is 6.13. The van der Waals surface area contributed by atoms with Gasteiger partial charge in [0.2, 0.25) is 0 Å². The van der Waals surface area contributed by atoms with Crippen LogP contribution in [0.15, 0.2) is 54.6 Å². The van der Waals surface area contributed by atoms with Crippen molar-refractivity contribution in [2.45, 2.75) is 26.6 Å². The standard InChI is InChI=1S/C20H19F3N4/c1-13-7-3-4-8-15(13)12-24-18-11-19(26-14(2)25-18)27-17-10-6-5-9-16(17)20(21,22)23/h3-11H,12H2,1-2H3,(H2,24,25,26,27). The maximum atomic E-state index is 13.2. The summed E-state index contributed by atoms with van der Waals surface area (Å²) in [6.07, 6.45) is -4.45. The van der Waals surface area contributed by atoms with Crippen LogP contribution in [0.1, 0.15) is 22.5 Å². The largest absolute Gasteiger partial charge is 0.418 e. The molecule has 0 unspecified atom stereocenters. The van der Waals surface area contributed by atoms with Gasteiger partial charge in [0.05, 0.1) is 11.3 Å². The van der Waals surface area contributed by atoms with E-state index in [1.54, 1.807) is 19.1 Å². The summed E-state index contributed by atoms with van der Waals surface area (Å²) in [5.74, 6) is 1.29. The molecule has 2 aromatic carbocycles.